The van der Waals surface area contributed by atoms with Crippen molar-refractivity contribution in [2.75, 3.05) is 13.1 Å². The average Bonchev–Trinajstić information content (AvgIpc) is 2.84. The van der Waals surface area contributed by atoms with Crippen LogP contribution >= 0.6 is 0 Å². The van der Waals surface area contributed by atoms with Gasteiger partial charge in [0.1, 0.15) is 0 Å². The molecule has 0 aliphatic rings. The van der Waals surface area contributed by atoms with Crippen molar-refractivity contribution in [2.24, 2.45) is 4.99 Å². The molecule has 148 valence electrons. The van der Waals surface area contributed by atoms with E-state index in [1.54, 1.807) is 0 Å². The van der Waals surface area contributed by atoms with Crippen LogP contribution in [0.2, 0.25) is 0 Å². The zero-order valence-corrected chi connectivity index (χ0v) is 17.0. The fourth-order valence-corrected chi connectivity index (χ4v) is 3.89. The molecule has 0 atom stereocenters. The van der Waals surface area contributed by atoms with Crippen molar-refractivity contribution in [3.8, 4) is 0 Å². The summed E-state index contributed by atoms with van der Waals surface area (Å²) >= 11 is 0. The second-order valence-electron chi connectivity index (χ2n) is 7.22. The molecule has 2 nitrogen and oxygen atoms in total. The summed E-state index contributed by atoms with van der Waals surface area (Å²) in [7, 11) is 0. The molecule has 2 heteroatoms. The molecule has 0 bridgehead atoms. The van der Waals surface area contributed by atoms with E-state index in [1.807, 2.05) is 24.4 Å². The molecule has 4 aromatic rings. The molecule has 1 N–H and O–H groups in total. The number of hydrogen-bond donors (Lipinski definition) is 1. The van der Waals surface area contributed by atoms with E-state index in [9.17, 15) is 0 Å². The number of rotatable bonds is 8. The van der Waals surface area contributed by atoms with Gasteiger partial charge >= 0.3 is 0 Å². The summed E-state index contributed by atoms with van der Waals surface area (Å²) in [5.74, 6) is 0. The molecule has 0 heterocycles. The largest absolute Gasteiger partial charge is 0.298 e. The third-order valence-corrected chi connectivity index (χ3v) is 5.29. The predicted molar refractivity (Wildman–Crippen MR) is 126 cm³/mol. The number of benzene rings is 4. The zero-order valence-electron chi connectivity index (χ0n) is 17.0. The van der Waals surface area contributed by atoms with Gasteiger partial charge in [0.15, 0.2) is 0 Å². The Labute approximate surface area is 179 Å². The van der Waals surface area contributed by atoms with Gasteiger partial charge in [0.25, 0.3) is 0 Å². The molecule has 0 radical (unpaired) electrons. The molecule has 0 aliphatic heterocycles. The lowest BCUT2D eigenvalue weighted by atomic mass is 9.77. The quantitative estimate of drug-likeness (QED) is 0.233. The van der Waals surface area contributed by atoms with Crippen LogP contribution in [-0.4, -0.2) is 19.3 Å². The third-order valence-electron chi connectivity index (χ3n) is 5.29. The summed E-state index contributed by atoms with van der Waals surface area (Å²) in [5, 5.41) is 3.85. The first kappa shape index (κ1) is 19.8. The minimum atomic E-state index is -0.438. The summed E-state index contributed by atoms with van der Waals surface area (Å²) in [6.07, 6.45) is 1.94. The van der Waals surface area contributed by atoms with Gasteiger partial charge in [-0.15, -0.1) is 0 Å². The predicted octanol–water partition coefficient (Wildman–Crippen LogP) is 5.69. The Morgan fingerprint density at radius 1 is 0.567 bits per heavy atom. The fourth-order valence-electron chi connectivity index (χ4n) is 3.89. The van der Waals surface area contributed by atoms with E-state index in [0.717, 1.165) is 12.1 Å². The van der Waals surface area contributed by atoms with Crippen LogP contribution in [0.25, 0.3) is 0 Å². The minimum absolute atomic E-state index is 0.438. The Balaban J connectivity index is 1.67. The molecule has 0 aromatic heterocycles. The molecule has 0 spiro atoms. The highest BCUT2D eigenvalue weighted by molar-refractivity contribution is 5.79. The maximum Gasteiger partial charge on any atom is 0.0948 e. The number of nitrogens with one attached hydrogen (secondary N) is 1. The molecule has 0 amide bonds. The number of aliphatic imine (C=N–C) groups is 1. The SMILES string of the molecule is C(=NCCNC(c1ccccc1)(c1ccccc1)c1ccccc1)c1ccccc1. The average molecular weight is 391 g/mol. The molecule has 4 aromatic carbocycles. The highest BCUT2D eigenvalue weighted by Crippen LogP contribution is 2.36. The van der Waals surface area contributed by atoms with Crippen LogP contribution in [-0.2, 0) is 5.54 Å². The van der Waals surface area contributed by atoms with Crippen molar-refractivity contribution in [1.82, 2.24) is 5.32 Å². The Morgan fingerprint density at radius 2 is 0.967 bits per heavy atom. The van der Waals surface area contributed by atoms with Crippen LogP contribution in [0.15, 0.2) is 126 Å². The fraction of sp³-hybridized carbons (Fsp3) is 0.107. The van der Waals surface area contributed by atoms with Gasteiger partial charge in [-0.1, -0.05) is 121 Å². The van der Waals surface area contributed by atoms with E-state index < -0.39 is 5.54 Å². The minimum Gasteiger partial charge on any atom is -0.298 e. The van der Waals surface area contributed by atoms with Gasteiger partial charge in [-0.2, -0.15) is 0 Å². The van der Waals surface area contributed by atoms with Crippen molar-refractivity contribution in [2.45, 2.75) is 5.54 Å². The first-order chi connectivity index (χ1) is 14.9. The highest BCUT2D eigenvalue weighted by atomic mass is 15.0. The lowest BCUT2D eigenvalue weighted by molar-refractivity contribution is 0.480. The van der Waals surface area contributed by atoms with Crippen LogP contribution in [0, 0.1) is 0 Å². The molecule has 0 aliphatic carbocycles. The van der Waals surface area contributed by atoms with Crippen LogP contribution in [0.3, 0.4) is 0 Å². The van der Waals surface area contributed by atoms with Gasteiger partial charge in [0.2, 0.25) is 0 Å². The van der Waals surface area contributed by atoms with Crippen LogP contribution < -0.4 is 5.32 Å². The van der Waals surface area contributed by atoms with Gasteiger partial charge in [-0.25, -0.2) is 0 Å². The highest BCUT2D eigenvalue weighted by Gasteiger charge is 2.35. The van der Waals surface area contributed by atoms with E-state index in [0.29, 0.717) is 6.54 Å². The van der Waals surface area contributed by atoms with Gasteiger partial charge < -0.3 is 0 Å². The standard InChI is InChI=1S/C28H26N2/c1-5-13-24(14-6-1)23-29-21-22-30-28(25-15-7-2-8-16-25,26-17-9-3-10-18-26)27-19-11-4-12-20-27/h1-20,23,30H,21-22H2. The first-order valence-corrected chi connectivity index (χ1v) is 10.4. The molecule has 0 fully saturated rings. The van der Waals surface area contributed by atoms with Gasteiger partial charge in [0, 0.05) is 12.8 Å². The summed E-state index contributed by atoms with van der Waals surface area (Å²) in [6.45, 7) is 1.45. The van der Waals surface area contributed by atoms with Crippen molar-refractivity contribution in [3.05, 3.63) is 144 Å². The monoisotopic (exact) mass is 390 g/mol. The maximum atomic E-state index is 4.64. The van der Waals surface area contributed by atoms with Gasteiger partial charge in [-0.3, -0.25) is 10.3 Å². The molecular weight excluding hydrogens is 364 g/mol. The summed E-state index contributed by atoms with van der Waals surface area (Å²) in [5.41, 5.74) is 4.34. The first-order valence-electron chi connectivity index (χ1n) is 10.4. The molecular formula is C28H26N2. The van der Waals surface area contributed by atoms with E-state index in [4.69, 9.17) is 0 Å². The van der Waals surface area contributed by atoms with E-state index in [1.165, 1.54) is 16.7 Å². The smallest absolute Gasteiger partial charge is 0.0948 e. The Bertz CT molecular complexity index is 946. The van der Waals surface area contributed by atoms with Crippen LogP contribution in [0.5, 0.6) is 0 Å². The number of nitrogens with zero attached hydrogens (tertiary/aromatic N) is 1. The van der Waals surface area contributed by atoms with Crippen LogP contribution in [0.1, 0.15) is 22.3 Å². The summed E-state index contributed by atoms with van der Waals surface area (Å²) in [4.78, 5) is 4.64. The second-order valence-corrected chi connectivity index (χ2v) is 7.22. The van der Waals surface area contributed by atoms with Gasteiger partial charge in [-0.05, 0) is 22.3 Å². The summed E-state index contributed by atoms with van der Waals surface area (Å²) in [6, 6.07) is 42.2. The van der Waals surface area contributed by atoms with E-state index in [-0.39, 0.29) is 0 Å². The van der Waals surface area contributed by atoms with E-state index in [2.05, 4.69) is 113 Å². The lowest BCUT2D eigenvalue weighted by Crippen LogP contribution is -2.45. The molecule has 0 saturated heterocycles. The molecule has 0 unspecified atom stereocenters. The Hall–Kier alpha value is -3.49. The Kier molecular flexibility index (Phi) is 6.48. The molecule has 0 saturated carbocycles. The molecule has 4 rings (SSSR count). The normalized spacial score (nSPS) is 11.6. The van der Waals surface area contributed by atoms with Crippen molar-refractivity contribution >= 4 is 6.21 Å². The van der Waals surface area contributed by atoms with E-state index >= 15 is 0 Å². The van der Waals surface area contributed by atoms with Crippen molar-refractivity contribution in [1.29, 1.82) is 0 Å². The van der Waals surface area contributed by atoms with Crippen molar-refractivity contribution in [3.63, 3.8) is 0 Å². The second kappa shape index (κ2) is 9.82. The molecule has 30 heavy (non-hydrogen) atoms. The lowest BCUT2D eigenvalue weighted by Gasteiger charge is -2.37. The number of hydrogen-bond acceptors (Lipinski definition) is 2. The maximum absolute atomic E-state index is 4.64. The summed E-state index contributed by atoms with van der Waals surface area (Å²) < 4.78 is 0. The van der Waals surface area contributed by atoms with Crippen LogP contribution in [0.4, 0.5) is 0 Å². The topological polar surface area (TPSA) is 24.4 Å². The van der Waals surface area contributed by atoms with Crippen molar-refractivity contribution < 1.29 is 0 Å². The zero-order chi connectivity index (χ0) is 20.5. The van der Waals surface area contributed by atoms with Gasteiger partial charge in [0.05, 0.1) is 12.1 Å². The third kappa shape index (κ3) is 4.40. The Morgan fingerprint density at radius 3 is 1.40 bits per heavy atom.